The molecule has 4 fully saturated rings. The molecule has 2 N–H and O–H groups in total. The van der Waals surface area contributed by atoms with Crippen LogP contribution in [0.2, 0.25) is 0 Å². The Morgan fingerprint density at radius 1 is 1.12 bits per heavy atom. The molecule has 5 nitrogen and oxygen atoms in total. The summed E-state index contributed by atoms with van der Waals surface area (Å²) >= 11 is 0. The van der Waals surface area contributed by atoms with Crippen molar-refractivity contribution in [3.05, 3.63) is 24.3 Å². The molecular weight excluding hydrogens is 316 g/mol. The molecule has 0 unspecified atom stereocenters. The topological polar surface area (TPSA) is 59.6 Å². The lowest BCUT2D eigenvalue weighted by Crippen LogP contribution is -2.63. The fourth-order valence-electron chi connectivity index (χ4n) is 5.77. The Balaban J connectivity index is 1.40. The average Bonchev–Trinajstić information content (AvgIpc) is 2.61. The van der Waals surface area contributed by atoms with E-state index >= 15 is 0 Å². The molecule has 0 saturated heterocycles. The lowest BCUT2D eigenvalue weighted by molar-refractivity contribution is -0.186. The summed E-state index contributed by atoms with van der Waals surface area (Å²) < 4.78 is 11.3. The summed E-state index contributed by atoms with van der Waals surface area (Å²) in [5.74, 6) is 3.68. The first-order chi connectivity index (χ1) is 12.1. The maximum atomic E-state index is 12.4. The van der Waals surface area contributed by atoms with Gasteiger partial charge in [0.25, 0.3) is 0 Å². The van der Waals surface area contributed by atoms with Gasteiger partial charge in [0.15, 0.2) is 0 Å². The highest BCUT2D eigenvalue weighted by molar-refractivity contribution is 5.89. The third-order valence-corrected chi connectivity index (χ3v) is 6.75. The Hall–Kier alpha value is -1.75. The Morgan fingerprint density at radius 3 is 2.40 bits per heavy atom. The van der Waals surface area contributed by atoms with Gasteiger partial charge in [-0.15, -0.1) is 0 Å². The van der Waals surface area contributed by atoms with Crippen molar-refractivity contribution in [2.45, 2.75) is 37.7 Å². The number of anilines is 1. The summed E-state index contributed by atoms with van der Waals surface area (Å²) in [6, 6.07) is 7.21. The van der Waals surface area contributed by atoms with Gasteiger partial charge in [0.2, 0.25) is 0 Å². The molecule has 0 atom stereocenters. The molecule has 2 amide bonds. The van der Waals surface area contributed by atoms with Crippen molar-refractivity contribution in [2.24, 2.45) is 23.7 Å². The molecule has 136 valence electrons. The number of rotatable bonds is 5. The third-order valence-electron chi connectivity index (χ3n) is 6.75. The van der Waals surface area contributed by atoms with Crippen LogP contribution < -0.4 is 15.4 Å². The average molecular weight is 344 g/mol. The van der Waals surface area contributed by atoms with E-state index in [2.05, 4.69) is 10.6 Å². The molecule has 4 aliphatic rings. The van der Waals surface area contributed by atoms with E-state index in [9.17, 15) is 4.79 Å². The van der Waals surface area contributed by atoms with E-state index in [1.165, 1.54) is 32.1 Å². The first kappa shape index (κ1) is 16.7. The van der Waals surface area contributed by atoms with E-state index in [1.807, 2.05) is 31.4 Å². The second-order valence-corrected chi connectivity index (χ2v) is 8.00. The number of amides is 2. The van der Waals surface area contributed by atoms with Gasteiger partial charge in [-0.25, -0.2) is 4.79 Å². The smallest absolute Gasteiger partial charge is 0.319 e. The molecule has 0 radical (unpaired) electrons. The van der Waals surface area contributed by atoms with Crippen molar-refractivity contribution >= 4 is 11.7 Å². The number of methoxy groups -OCH3 is 2. The summed E-state index contributed by atoms with van der Waals surface area (Å²) in [4.78, 5) is 12.4. The van der Waals surface area contributed by atoms with E-state index in [0.717, 1.165) is 23.3 Å². The van der Waals surface area contributed by atoms with Crippen molar-refractivity contribution in [2.75, 3.05) is 26.1 Å². The fourth-order valence-corrected chi connectivity index (χ4v) is 5.77. The van der Waals surface area contributed by atoms with Gasteiger partial charge in [-0.2, -0.15) is 0 Å². The van der Waals surface area contributed by atoms with Gasteiger partial charge >= 0.3 is 6.03 Å². The maximum absolute atomic E-state index is 12.4. The monoisotopic (exact) mass is 344 g/mol. The molecule has 4 saturated carbocycles. The van der Waals surface area contributed by atoms with Crippen LogP contribution in [0.4, 0.5) is 10.5 Å². The number of benzene rings is 1. The molecule has 0 heterocycles. The predicted octanol–water partition coefficient (Wildman–Crippen LogP) is 3.66. The molecule has 4 bridgehead atoms. The minimum absolute atomic E-state index is 0.181. The van der Waals surface area contributed by atoms with Crippen LogP contribution in [-0.4, -0.2) is 32.4 Å². The van der Waals surface area contributed by atoms with Crippen molar-refractivity contribution in [1.29, 1.82) is 0 Å². The van der Waals surface area contributed by atoms with Crippen molar-refractivity contribution in [1.82, 2.24) is 5.32 Å². The van der Waals surface area contributed by atoms with Crippen LogP contribution in [0.3, 0.4) is 0 Å². The standard InChI is InChI=1S/C20H28N2O3/c1-24-18-5-3-4-17(11-18)22-19(23)21-12-20(25-2)15-7-13-6-14(9-15)10-16(20)8-13/h3-5,11,13-16H,6-10,12H2,1-2H3,(H2,21,22,23). The summed E-state index contributed by atoms with van der Waals surface area (Å²) in [5.41, 5.74) is 0.549. The Kier molecular flexibility index (Phi) is 4.36. The number of hydrogen-bond acceptors (Lipinski definition) is 3. The Labute approximate surface area is 149 Å². The van der Waals surface area contributed by atoms with Gasteiger partial charge in [-0.1, -0.05) is 6.07 Å². The lowest BCUT2D eigenvalue weighted by Gasteiger charge is -2.60. The minimum atomic E-state index is -0.182. The summed E-state index contributed by atoms with van der Waals surface area (Å²) in [6.45, 7) is 0.591. The first-order valence-electron chi connectivity index (χ1n) is 9.37. The minimum Gasteiger partial charge on any atom is -0.497 e. The maximum Gasteiger partial charge on any atom is 0.319 e. The van der Waals surface area contributed by atoms with E-state index in [4.69, 9.17) is 9.47 Å². The van der Waals surface area contributed by atoms with Crippen molar-refractivity contribution in [3.8, 4) is 5.75 Å². The van der Waals surface area contributed by atoms with E-state index in [0.29, 0.717) is 18.4 Å². The summed E-state index contributed by atoms with van der Waals surface area (Å²) in [5, 5.41) is 5.97. The highest BCUT2D eigenvalue weighted by Gasteiger charge is 2.57. The van der Waals surface area contributed by atoms with Gasteiger partial charge < -0.3 is 20.1 Å². The second kappa shape index (κ2) is 6.52. The number of ether oxygens (including phenoxy) is 2. The lowest BCUT2D eigenvalue weighted by atomic mass is 9.49. The summed E-state index contributed by atoms with van der Waals surface area (Å²) in [6.07, 6.45) is 6.47. The number of hydrogen-bond donors (Lipinski definition) is 2. The Bertz CT molecular complexity index is 618. The zero-order valence-electron chi connectivity index (χ0n) is 15.1. The van der Waals surface area contributed by atoms with Crippen LogP contribution in [0.25, 0.3) is 0 Å². The largest absolute Gasteiger partial charge is 0.497 e. The van der Waals surface area contributed by atoms with Gasteiger partial charge in [0.1, 0.15) is 5.75 Å². The predicted molar refractivity (Wildman–Crippen MR) is 96.8 cm³/mol. The summed E-state index contributed by atoms with van der Waals surface area (Å²) in [7, 11) is 3.44. The van der Waals surface area contributed by atoms with E-state index < -0.39 is 0 Å². The van der Waals surface area contributed by atoms with E-state index in [1.54, 1.807) is 7.11 Å². The van der Waals surface area contributed by atoms with Crippen LogP contribution in [0.15, 0.2) is 24.3 Å². The third kappa shape index (κ3) is 2.99. The molecule has 5 rings (SSSR count). The highest BCUT2D eigenvalue weighted by Crippen LogP contribution is 2.59. The Morgan fingerprint density at radius 2 is 1.80 bits per heavy atom. The van der Waals surface area contributed by atoms with Crippen LogP contribution in [0, 0.1) is 23.7 Å². The number of carbonyl (C=O) groups excluding carboxylic acids is 1. The zero-order chi connectivity index (χ0) is 17.4. The van der Waals surface area contributed by atoms with Crippen LogP contribution in [0.5, 0.6) is 5.75 Å². The normalized spacial score (nSPS) is 35.4. The molecule has 0 aliphatic heterocycles. The second-order valence-electron chi connectivity index (χ2n) is 8.00. The number of carbonyl (C=O) groups is 1. The zero-order valence-corrected chi connectivity index (χ0v) is 15.1. The molecule has 1 aromatic rings. The van der Waals surface area contributed by atoms with Crippen LogP contribution in [0.1, 0.15) is 32.1 Å². The van der Waals surface area contributed by atoms with Gasteiger partial charge in [-0.05, 0) is 67.9 Å². The SMILES string of the molecule is COc1cccc(NC(=O)NCC2(OC)C3CC4CC(C3)CC2C4)c1. The molecule has 4 aliphatic carbocycles. The van der Waals surface area contributed by atoms with Gasteiger partial charge in [0.05, 0.1) is 12.7 Å². The quantitative estimate of drug-likeness (QED) is 0.857. The highest BCUT2D eigenvalue weighted by atomic mass is 16.5. The molecule has 5 heteroatoms. The molecule has 1 aromatic carbocycles. The molecule has 0 aromatic heterocycles. The molecule has 25 heavy (non-hydrogen) atoms. The molecule has 0 spiro atoms. The van der Waals surface area contributed by atoms with Crippen LogP contribution >= 0.6 is 0 Å². The fraction of sp³-hybridized carbons (Fsp3) is 0.650. The van der Waals surface area contributed by atoms with Gasteiger partial charge in [-0.3, -0.25) is 0 Å². The number of nitrogens with one attached hydrogen (secondary N) is 2. The van der Waals surface area contributed by atoms with Crippen molar-refractivity contribution < 1.29 is 14.3 Å². The van der Waals surface area contributed by atoms with Crippen molar-refractivity contribution in [3.63, 3.8) is 0 Å². The number of urea groups is 1. The first-order valence-corrected chi connectivity index (χ1v) is 9.37. The van der Waals surface area contributed by atoms with E-state index in [-0.39, 0.29) is 11.6 Å². The molecular formula is C20H28N2O3. The van der Waals surface area contributed by atoms with Gasteiger partial charge in [0, 0.05) is 25.4 Å². The van der Waals surface area contributed by atoms with Crippen LogP contribution in [-0.2, 0) is 4.74 Å².